The van der Waals surface area contributed by atoms with Crippen LogP contribution in [0.3, 0.4) is 0 Å². The molecule has 0 aromatic carbocycles. The number of β-amino-alcohol motifs (C(OH)–C–C–N with tert-alkyl or cyclic N) is 1. The van der Waals surface area contributed by atoms with E-state index in [1.54, 1.807) is 0 Å². The largest absolute Gasteiger partial charge is 0.395 e. The quantitative estimate of drug-likeness (QED) is 0.458. The van der Waals surface area contributed by atoms with Crippen molar-refractivity contribution in [3.63, 3.8) is 0 Å². The summed E-state index contributed by atoms with van der Waals surface area (Å²) in [6.07, 6.45) is 0. The van der Waals surface area contributed by atoms with Crippen LogP contribution in [-0.4, -0.2) is 60.5 Å². The molecule has 0 amide bonds. The van der Waals surface area contributed by atoms with Gasteiger partial charge in [0.15, 0.2) is 0 Å². The van der Waals surface area contributed by atoms with E-state index in [0.29, 0.717) is 6.54 Å². The van der Waals surface area contributed by atoms with Crippen molar-refractivity contribution in [1.29, 1.82) is 0 Å². The van der Waals surface area contributed by atoms with Gasteiger partial charge < -0.3 is 15.5 Å². The molecule has 66 valence electrons. The number of aliphatic hydroxyl groups is 2. The van der Waals surface area contributed by atoms with Gasteiger partial charge in [-0.2, -0.15) is 0 Å². The molecule has 3 N–H and O–H groups in total. The van der Waals surface area contributed by atoms with Crippen molar-refractivity contribution in [1.82, 2.24) is 10.2 Å². The maximum absolute atomic E-state index is 8.92. The molecule has 1 fully saturated rings. The minimum Gasteiger partial charge on any atom is -0.395 e. The zero-order valence-electron chi connectivity index (χ0n) is 6.66. The molecule has 0 aromatic heterocycles. The van der Waals surface area contributed by atoms with Gasteiger partial charge in [0, 0.05) is 32.2 Å². The summed E-state index contributed by atoms with van der Waals surface area (Å²) >= 11 is 0. The molecule has 0 radical (unpaired) electrons. The topological polar surface area (TPSA) is 55.7 Å². The summed E-state index contributed by atoms with van der Waals surface area (Å²) in [5.74, 6) is 0. The lowest BCUT2D eigenvalue weighted by Gasteiger charge is -2.34. The predicted molar refractivity (Wildman–Crippen MR) is 42.4 cm³/mol. The Morgan fingerprint density at radius 3 is 2.91 bits per heavy atom. The summed E-state index contributed by atoms with van der Waals surface area (Å²) in [6, 6.07) is 0.191. The van der Waals surface area contributed by atoms with Gasteiger partial charge in [0.1, 0.15) is 0 Å². The van der Waals surface area contributed by atoms with Crippen molar-refractivity contribution >= 4 is 0 Å². The summed E-state index contributed by atoms with van der Waals surface area (Å²) in [6.45, 7) is 3.73. The molecule has 1 rings (SSSR count). The van der Waals surface area contributed by atoms with Crippen LogP contribution >= 0.6 is 0 Å². The Balaban J connectivity index is 2.31. The highest BCUT2D eigenvalue weighted by molar-refractivity contribution is 4.78. The molecule has 1 heterocycles. The fourth-order valence-corrected chi connectivity index (χ4v) is 1.41. The molecule has 1 aliphatic heterocycles. The van der Waals surface area contributed by atoms with Crippen molar-refractivity contribution in [2.75, 3.05) is 39.4 Å². The van der Waals surface area contributed by atoms with Crippen molar-refractivity contribution in [2.45, 2.75) is 6.04 Å². The summed E-state index contributed by atoms with van der Waals surface area (Å²) in [5.41, 5.74) is 0. The van der Waals surface area contributed by atoms with Gasteiger partial charge in [-0.05, 0) is 0 Å². The molecule has 0 saturated carbocycles. The van der Waals surface area contributed by atoms with Crippen LogP contribution in [0, 0.1) is 0 Å². The van der Waals surface area contributed by atoms with E-state index in [1.165, 1.54) is 0 Å². The highest BCUT2D eigenvalue weighted by Gasteiger charge is 2.19. The lowest BCUT2D eigenvalue weighted by atomic mass is 10.2. The van der Waals surface area contributed by atoms with Crippen molar-refractivity contribution in [3.8, 4) is 0 Å². The lowest BCUT2D eigenvalue weighted by Crippen LogP contribution is -2.53. The molecule has 0 aliphatic carbocycles. The van der Waals surface area contributed by atoms with Gasteiger partial charge in [-0.25, -0.2) is 0 Å². The number of hydrogen-bond donors (Lipinski definition) is 3. The Morgan fingerprint density at radius 1 is 1.45 bits per heavy atom. The lowest BCUT2D eigenvalue weighted by molar-refractivity contribution is 0.0831. The second kappa shape index (κ2) is 4.66. The second-order valence-electron chi connectivity index (χ2n) is 2.80. The van der Waals surface area contributed by atoms with E-state index >= 15 is 0 Å². The molecular formula is C7H16N2O2. The van der Waals surface area contributed by atoms with Crippen LogP contribution < -0.4 is 5.32 Å². The van der Waals surface area contributed by atoms with Gasteiger partial charge >= 0.3 is 0 Å². The van der Waals surface area contributed by atoms with Crippen LogP contribution in [0.1, 0.15) is 0 Å². The Hall–Kier alpha value is -0.160. The first-order valence-electron chi connectivity index (χ1n) is 4.05. The number of piperazine rings is 1. The smallest absolute Gasteiger partial charge is 0.0599 e. The van der Waals surface area contributed by atoms with Gasteiger partial charge in [0.25, 0.3) is 0 Å². The molecule has 4 nitrogen and oxygen atoms in total. The van der Waals surface area contributed by atoms with Crippen LogP contribution in [0.5, 0.6) is 0 Å². The number of rotatable bonds is 3. The Bertz CT molecular complexity index is 109. The van der Waals surface area contributed by atoms with Crippen molar-refractivity contribution in [2.24, 2.45) is 0 Å². The molecule has 0 bridgehead atoms. The minimum atomic E-state index is 0.174. The molecule has 1 saturated heterocycles. The molecule has 0 unspecified atom stereocenters. The molecule has 4 heteroatoms. The average molecular weight is 160 g/mol. The van der Waals surface area contributed by atoms with E-state index in [0.717, 1.165) is 19.6 Å². The predicted octanol–water partition coefficient (Wildman–Crippen LogP) is -1.76. The monoisotopic (exact) mass is 160 g/mol. The van der Waals surface area contributed by atoms with Crippen LogP contribution in [-0.2, 0) is 0 Å². The standard InChI is InChI=1S/C7H16N2O2/c10-4-3-9-2-1-8-5-7(9)6-11/h7-8,10-11H,1-6H2/t7-/m1/s1. The molecule has 11 heavy (non-hydrogen) atoms. The minimum absolute atomic E-state index is 0.174. The normalized spacial score (nSPS) is 27.3. The summed E-state index contributed by atoms with van der Waals surface area (Å²) in [7, 11) is 0. The maximum atomic E-state index is 8.92. The van der Waals surface area contributed by atoms with E-state index in [-0.39, 0.29) is 19.3 Å². The van der Waals surface area contributed by atoms with Gasteiger partial charge in [0.2, 0.25) is 0 Å². The maximum Gasteiger partial charge on any atom is 0.0599 e. The van der Waals surface area contributed by atoms with Crippen molar-refractivity contribution < 1.29 is 10.2 Å². The average Bonchev–Trinajstić information content (AvgIpc) is 2.06. The van der Waals surface area contributed by atoms with E-state index < -0.39 is 0 Å². The SMILES string of the molecule is OCCN1CCNC[C@@H]1CO. The number of hydrogen-bond acceptors (Lipinski definition) is 4. The van der Waals surface area contributed by atoms with Crippen LogP contribution in [0.15, 0.2) is 0 Å². The van der Waals surface area contributed by atoms with Gasteiger partial charge in [0.05, 0.1) is 13.2 Å². The number of aliphatic hydroxyl groups excluding tert-OH is 2. The van der Waals surface area contributed by atoms with E-state index in [9.17, 15) is 0 Å². The highest BCUT2D eigenvalue weighted by atomic mass is 16.3. The van der Waals surface area contributed by atoms with Crippen LogP contribution in [0.4, 0.5) is 0 Å². The Kier molecular flexibility index (Phi) is 3.79. The third-order valence-electron chi connectivity index (χ3n) is 2.07. The molecule has 0 aromatic rings. The first kappa shape index (κ1) is 8.93. The summed E-state index contributed by atoms with van der Waals surface area (Å²) in [5, 5.41) is 20.8. The van der Waals surface area contributed by atoms with E-state index in [1.807, 2.05) is 0 Å². The first-order valence-corrected chi connectivity index (χ1v) is 4.05. The van der Waals surface area contributed by atoms with Crippen molar-refractivity contribution in [3.05, 3.63) is 0 Å². The van der Waals surface area contributed by atoms with E-state index in [2.05, 4.69) is 10.2 Å². The zero-order valence-corrected chi connectivity index (χ0v) is 6.66. The number of nitrogens with zero attached hydrogens (tertiary/aromatic N) is 1. The second-order valence-corrected chi connectivity index (χ2v) is 2.80. The molecule has 1 atom stereocenters. The molecular weight excluding hydrogens is 144 g/mol. The molecule has 1 aliphatic rings. The zero-order chi connectivity index (χ0) is 8.10. The first-order chi connectivity index (χ1) is 5.38. The fraction of sp³-hybridized carbons (Fsp3) is 1.00. The van der Waals surface area contributed by atoms with Gasteiger partial charge in [-0.15, -0.1) is 0 Å². The third kappa shape index (κ3) is 2.41. The van der Waals surface area contributed by atoms with Gasteiger partial charge in [-0.3, -0.25) is 4.90 Å². The Labute approximate surface area is 66.8 Å². The summed E-state index contributed by atoms with van der Waals surface area (Å²) < 4.78 is 0. The van der Waals surface area contributed by atoms with Crippen LogP contribution in [0.25, 0.3) is 0 Å². The van der Waals surface area contributed by atoms with Gasteiger partial charge in [-0.1, -0.05) is 0 Å². The van der Waals surface area contributed by atoms with E-state index in [4.69, 9.17) is 10.2 Å². The highest BCUT2D eigenvalue weighted by Crippen LogP contribution is 2.00. The number of nitrogens with one attached hydrogen (secondary N) is 1. The fourth-order valence-electron chi connectivity index (χ4n) is 1.41. The molecule has 0 spiro atoms. The van der Waals surface area contributed by atoms with Crippen LogP contribution in [0.2, 0.25) is 0 Å². The summed E-state index contributed by atoms with van der Waals surface area (Å²) in [4.78, 5) is 2.11. The Morgan fingerprint density at radius 2 is 2.27 bits per heavy atom. The third-order valence-corrected chi connectivity index (χ3v) is 2.07.